The number of methoxy groups -OCH3 is 1. The molecule has 2 heterocycles. The highest BCUT2D eigenvalue weighted by Gasteiger charge is 2.22. The third-order valence-corrected chi connectivity index (χ3v) is 8.21. The molecule has 0 saturated carbocycles. The highest BCUT2D eigenvalue weighted by atomic mass is 79.9. The number of carbonyl (C=O) groups excluding carboxylic acids is 1. The van der Waals surface area contributed by atoms with Crippen molar-refractivity contribution in [3.8, 4) is 11.5 Å². The van der Waals surface area contributed by atoms with E-state index in [1.54, 1.807) is 17.0 Å². The van der Waals surface area contributed by atoms with Crippen LogP contribution >= 0.6 is 43.5 Å². The highest BCUT2D eigenvalue weighted by molar-refractivity contribution is 9.10. The summed E-state index contributed by atoms with van der Waals surface area (Å²) in [6.45, 7) is 5.87. The number of ether oxygens (including phenoxy) is 3. The van der Waals surface area contributed by atoms with Crippen LogP contribution in [0.1, 0.15) is 37.6 Å². The zero-order valence-corrected chi connectivity index (χ0v) is 25.1. The zero-order valence-electron chi connectivity index (χ0n) is 21.2. The van der Waals surface area contributed by atoms with E-state index in [4.69, 9.17) is 30.8 Å². The standard InChI is InChI=1S/C26H27Br2ClN4O5/c1-4-15(2)25-31-19-6-5-17(27)12-18(19)26(35)33(25)30-13-16-11-20(36-3)24(23(29)22(16)28)38-14-21(34)32-7-9-37-10-8-32/h5-6,11-13,15H,4,7-10,14H2,1-3H3/t15-/m0/s1. The number of halogens is 3. The van der Waals surface area contributed by atoms with Gasteiger partial charge in [0.15, 0.2) is 18.1 Å². The number of fused-ring (bicyclic) bond motifs is 1. The first-order valence-corrected chi connectivity index (χ1v) is 14.0. The minimum absolute atomic E-state index is 0.00533. The maximum absolute atomic E-state index is 13.4. The molecule has 2 aromatic carbocycles. The van der Waals surface area contributed by atoms with Gasteiger partial charge in [-0.25, -0.2) is 4.98 Å². The van der Waals surface area contributed by atoms with Gasteiger partial charge in [-0.15, -0.1) is 0 Å². The van der Waals surface area contributed by atoms with Gasteiger partial charge >= 0.3 is 0 Å². The number of benzene rings is 2. The molecule has 0 spiro atoms. The lowest BCUT2D eigenvalue weighted by Gasteiger charge is -2.27. The van der Waals surface area contributed by atoms with Crippen LogP contribution in [0, 0.1) is 0 Å². The summed E-state index contributed by atoms with van der Waals surface area (Å²) < 4.78 is 19.2. The molecule has 0 radical (unpaired) electrons. The number of nitrogens with zero attached hydrogens (tertiary/aromatic N) is 4. The van der Waals surface area contributed by atoms with Gasteiger partial charge < -0.3 is 19.1 Å². The second kappa shape index (κ2) is 12.6. The minimum Gasteiger partial charge on any atom is -0.493 e. The smallest absolute Gasteiger partial charge is 0.282 e. The summed E-state index contributed by atoms with van der Waals surface area (Å²) in [6.07, 6.45) is 2.29. The lowest BCUT2D eigenvalue weighted by atomic mass is 10.1. The topological polar surface area (TPSA) is 95.2 Å². The summed E-state index contributed by atoms with van der Waals surface area (Å²) in [6, 6.07) is 7.07. The van der Waals surface area contributed by atoms with E-state index >= 15 is 0 Å². The van der Waals surface area contributed by atoms with E-state index < -0.39 is 0 Å². The van der Waals surface area contributed by atoms with Gasteiger partial charge in [0.2, 0.25) is 0 Å². The first-order chi connectivity index (χ1) is 18.2. The Labute approximate surface area is 242 Å². The van der Waals surface area contributed by atoms with Crippen molar-refractivity contribution >= 4 is 66.5 Å². The molecular weight excluding hydrogens is 644 g/mol. The van der Waals surface area contributed by atoms with E-state index in [2.05, 4.69) is 37.0 Å². The van der Waals surface area contributed by atoms with Crippen LogP contribution in [-0.2, 0) is 9.53 Å². The Morgan fingerprint density at radius 2 is 2.03 bits per heavy atom. The van der Waals surface area contributed by atoms with Gasteiger partial charge in [-0.05, 0) is 46.6 Å². The number of rotatable bonds is 8. The fourth-order valence-corrected chi connectivity index (χ4v) is 4.94. The monoisotopic (exact) mass is 668 g/mol. The Bertz CT molecular complexity index is 1440. The van der Waals surface area contributed by atoms with Crippen molar-refractivity contribution < 1.29 is 19.0 Å². The van der Waals surface area contributed by atoms with Crippen molar-refractivity contribution in [1.82, 2.24) is 14.6 Å². The van der Waals surface area contributed by atoms with Gasteiger partial charge in [0, 0.05) is 33.5 Å². The number of hydrogen-bond donors (Lipinski definition) is 0. The van der Waals surface area contributed by atoms with Crippen molar-refractivity contribution in [2.75, 3.05) is 40.0 Å². The number of carbonyl (C=O) groups is 1. The van der Waals surface area contributed by atoms with Crippen LogP contribution in [0.2, 0.25) is 5.02 Å². The second-order valence-corrected chi connectivity index (χ2v) is 10.8. The lowest BCUT2D eigenvalue weighted by Crippen LogP contribution is -2.43. The lowest BCUT2D eigenvalue weighted by molar-refractivity contribution is -0.137. The average Bonchev–Trinajstić information content (AvgIpc) is 2.93. The Kier molecular flexibility index (Phi) is 9.45. The van der Waals surface area contributed by atoms with E-state index in [1.165, 1.54) is 18.0 Å². The molecule has 3 aromatic rings. The van der Waals surface area contributed by atoms with Crippen LogP contribution in [-0.4, -0.2) is 66.7 Å². The molecule has 1 aliphatic rings. The highest BCUT2D eigenvalue weighted by Crippen LogP contribution is 2.42. The third kappa shape index (κ3) is 6.06. The Morgan fingerprint density at radius 3 is 2.71 bits per heavy atom. The number of hydrogen-bond acceptors (Lipinski definition) is 7. The van der Waals surface area contributed by atoms with Gasteiger partial charge in [0.25, 0.3) is 11.5 Å². The van der Waals surface area contributed by atoms with Crippen LogP contribution in [0.4, 0.5) is 0 Å². The van der Waals surface area contributed by atoms with E-state index in [1.807, 2.05) is 26.0 Å². The molecule has 1 fully saturated rings. The van der Waals surface area contributed by atoms with Gasteiger partial charge in [-0.1, -0.05) is 41.4 Å². The predicted octanol–water partition coefficient (Wildman–Crippen LogP) is 5.22. The molecular formula is C26H27Br2ClN4O5. The van der Waals surface area contributed by atoms with E-state index in [0.29, 0.717) is 58.8 Å². The molecule has 0 N–H and O–H groups in total. The van der Waals surface area contributed by atoms with Crippen molar-refractivity contribution in [1.29, 1.82) is 0 Å². The molecule has 1 saturated heterocycles. The maximum Gasteiger partial charge on any atom is 0.282 e. The summed E-state index contributed by atoms with van der Waals surface area (Å²) >= 11 is 13.5. The number of aromatic nitrogens is 2. The minimum atomic E-state index is -0.279. The Morgan fingerprint density at radius 1 is 1.29 bits per heavy atom. The van der Waals surface area contributed by atoms with Crippen molar-refractivity contribution in [2.24, 2.45) is 5.10 Å². The molecule has 0 aliphatic carbocycles. The quantitative estimate of drug-likeness (QED) is 0.306. The average molecular weight is 671 g/mol. The molecule has 12 heteroatoms. The van der Waals surface area contributed by atoms with Crippen LogP contribution in [0.15, 0.2) is 43.1 Å². The summed E-state index contributed by atoms with van der Waals surface area (Å²) in [5, 5.41) is 5.18. The van der Waals surface area contributed by atoms with E-state index in [0.717, 1.165) is 10.9 Å². The molecule has 0 unspecified atom stereocenters. The van der Waals surface area contributed by atoms with Gasteiger partial charge in [-0.3, -0.25) is 9.59 Å². The van der Waals surface area contributed by atoms with Crippen molar-refractivity contribution in [3.05, 3.63) is 60.0 Å². The van der Waals surface area contributed by atoms with Crippen molar-refractivity contribution in [2.45, 2.75) is 26.2 Å². The molecule has 1 aliphatic heterocycles. The van der Waals surface area contributed by atoms with E-state index in [9.17, 15) is 9.59 Å². The SMILES string of the molecule is CC[C@H](C)c1nc2ccc(Br)cc2c(=O)n1N=Cc1cc(OC)c(OCC(=O)N2CCOCC2)c(Cl)c1Br. The van der Waals surface area contributed by atoms with Gasteiger partial charge in [0.1, 0.15) is 10.8 Å². The summed E-state index contributed by atoms with van der Waals surface area (Å²) in [7, 11) is 1.48. The largest absolute Gasteiger partial charge is 0.493 e. The molecule has 0 bridgehead atoms. The molecule has 1 atom stereocenters. The molecule has 1 aromatic heterocycles. The molecule has 1 amide bonds. The zero-order chi connectivity index (χ0) is 27.4. The van der Waals surface area contributed by atoms with E-state index in [-0.39, 0.29) is 34.8 Å². The number of morpholine rings is 1. The predicted molar refractivity (Wildman–Crippen MR) is 154 cm³/mol. The number of amides is 1. The Balaban J connectivity index is 1.68. The van der Waals surface area contributed by atoms with Crippen LogP contribution < -0.4 is 15.0 Å². The molecule has 9 nitrogen and oxygen atoms in total. The fraction of sp³-hybridized carbons (Fsp3) is 0.385. The summed E-state index contributed by atoms with van der Waals surface area (Å²) in [4.78, 5) is 32.4. The first-order valence-electron chi connectivity index (χ1n) is 12.1. The Hall–Kier alpha value is -2.47. The van der Waals surface area contributed by atoms with Crippen LogP contribution in [0.25, 0.3) is 10.9 Å². The third-order valence-electron chi connectivity index (χ3n) is 6.28. The summed E-state index contributed by atoms with van der Waals surface area (Å²) in [5.41, 5.74) is 0.882. The van der Waals surface area contributed by atoms with Crippen molar-refractivity contribution in [3.63, 3.8) is 0 Å². The van der Waals surface area contributed by atoms with Crippen LogP contribution in [0.5, 0.6) is 11.5 Å². The summed E-state index contributed by atoms with van der Waals surface area (Å²) in [5.74, 6) is 0.938. The molecule has 202 valence electrons. The van der Waals surface area contributed by atoms with Gasteiger partial charge in [-0.2, -0.15) is 9.78 Å². The fourth-order valence-electron chi connectivity index (χ4n) is 3.92. The molecule has 4 rings (SSSR count). The van der Waals surface area contributed by atoms with Crippen LogP contribution in [0.3, 0.4) is 0 Å². The molecule has 38 heavy (non-hydrogen) atoms. The normalized spacial score (nSPS) is 14.7. The second-order valence-electron chi connectivity index (χ2n) is 8.71. The first kappa shape index (κ1) is 28.5. The van der Waals surface area contributed by atoms with Gasteiger partial charge in [0.05, 0.1) is 37.4 Å². The maximum atomic E-state index is 13.4.